The summed E-state index contributed by atoms with van der Waals surface area (Å²) >= 11 is 0. The molecule has 166 valence electrons. The zero-order chi connectivity index (χ0) is 23.8. The first-order chi connectivity index (χ1) is 15.7. The molecule has 0 aliphatic carbocycles. The maximum atomic E-state index is 14.4. The molecule has 0 saturated heterocycles. The molecular formula is C21H10F5N5O2. The number of benzene rings is 1. The standard InChI is InChI=1S/C21H10F5N5O2/c22-13-3-4-16(14(23)7-13)31-18(8-15(30-31)17-2-1-5-33-17)29-20(32)12-6-11(9-27)19(28-10-12)21(24,25)26/h1-8,10H,(H,29,32). The lowest BCUT2D eigenvalue weighted by molar-refractivity contribution is -0.141. The fraction of sp³-hybridized carbons (Fsp3) is 0.0476. The highest BCUT2D eigenvalue weighted by molar-refractivity contribution is 6.04. The van der Waals surface area contributed by atoms with Gasteiger partial charge in [-0.15, -0.1) is 0 Å². The molecule has 4 rings (SSSR count). The second-order valence-corrected chi connectivity index (χ2v) is 6.58. The van der Waals surface area contributed by atoms with Crippen LogP contribution in [0.25, 0.3) is 17.1 Å². The van der Waals surface area contributed by atoms with E-state index < -0.39 is 35.0 Å². The van der Waals surface area contributed by atoms with Gasteiger partial charge in [0.15, 0.2) is 17.3 Å². The van der Waals surface area contributed by atoms with Gasteiger partial charge in [0.1, 0.15) is 29.1 Å². The number of alkyl halides is 3. The third-order valence-corrected chi connectivity index (χ3v) is 4.40. The van der Waals surface area contributed by atoms with Crippen molar-refractivity contribution in [3.05, 3.63) is 83.4 Å². The normalized spacial score (nSPS) is 11.3. The Morgan fingerprint density at radius 2 is 1.94 bits per heavy atom. The molecule has 7 nitrogen and oxygen atoms in total. The van der Waals surface area contributed by atoms with E-state index in [1.807, 2.05) is 0 Å². The van der Waals surface area contributed by atoms with E-state index in [4.69, 9.17) is 9.68 Å². The number of carbonyl (C=O) groups excluding carboxylic acids is 1. The first-order valence-corrected chi connectivity index (χ1v) is 9.05. The summed E-state index contributed by atoms with van der Waals surface area (Å²) in [5, 5.41) is 15.6. The molecule has 0 unspecified atom stereocenters. The minimum atomic E-state index is -4.88. The number of pyridine rings is 1. The van der Waals surface area contributed by atoms with Crippen LogP contribution in [0.5, 0.6) is 0 Å². The SMILES string of the molecule is N#Cc1cc(C(=O)Nc2cc(-c3ccco3)nn2-c2ccc(F)cc2F)cnc1C(F)(F)F. The highest BCUT2D eigenvalue weighted by Crippen LogP contribution is 2.31. The molecule has 1 amide bonds. The van der Waals surface area contributed by atoms with Crippen LogP contribution < -0.4 is 5.32 Å². The van der Waals surface area contributed by atoms with E-state index >= 15 is 0 Å². The van der Waals surface area contributed by atoms with Crippen molar-refractivity contribution in [2.45, 2.75) is 6.18 Å². The van der Waals surface area contributed by atoms with Gasteiger partial charge in [0.2, 0.25) is 0 Å². The maximum Gasteiger partial charge on any atom is 0.434 e. The number of hydrogen-bond donors (Lipinski definition) is 1. The van der Waals surface area contributed by atoms with Gasteiger partial charge in [-0.1, -0.05) is 0 Å². The molecule has 0 atom stereocenters. The predicted octanol–water partition coefficient (Wildman–Crippen LogP) is 4.95. The van der Waals surface area contributed by atoms with Crippen molar-refractivity contribution in [2.24, 2.45) is 0 Å². The van der Waals surface area contributed by atoms with E-state index in [9.17, 15) is 26.7 Å². The second-order valence-electron chi connectivity index (χ2n) is 6.58. The topological polar surface area (TPSA) is 96.7 Å². The molecule has 12 heteroatoms. The van der Waals surface area contributed by atoms with Crippen LogP contribution in [0.3, 0.4) is 0 Å². The van der Waals surface area contributed by atoms with Gasteiger partial charge in [0.25, 0.3) is 5.91 Å². The van der Waals surface area contributed by atoms with Gasteiger partial charge in [-0.25, -0.2) is 18.4 Å². The number of nitriles is 1. The minimum Gasteiger partial charge on any atom is -0.463 e. The molecule has 0 spiro atoms. The van der Waals surface area contributed by atoms with E-state index in [1.54, 1.807) is 12.1 Å². The molecule has 0 fully saturated rings. The molecule has 0 radical (unpaired) electrons. The molecule has 1 aromatic carbocycles. The van der Waals surface area contributed by atoms with Crippen molar-refractivity contribution in [3.63, 3.8) is 0 Å². The first kappa shape index (κ1) is 21.7. The van der Waals surface area contributed by atoms with Crippen LogP contribution in [0.4, 0.5) is 27.8 Å². The fourth-order valence-corrected chi connectivity index (χ4v) is 2.94. The molecule has 3 heterocycles. The summed E-state index contributed by atoms with van der Waals surface area (Å²) in [5.41, 5.74) is -2.66. The molecule has 0 aliphatic rings. The van der Waals surface area contributed by atoms with Gasteiger partial charge in [0.05, 0.1) is 17.4 Å². The largest absolute Gasteiger partial charge is 0.463 e. The summed E-state index contributed by atoms with van der Waals surface area (Å²) in [6.45, 7) is 0. The van der Waals surface area contributed by atoms with Crippen molar-refractivity contribution in [2.75, 3.05) is 5.32 Å². The predicted molar refractivity (Wildman–Crippen MR) is 103 cm³/mol. The van der Waals surface area contributed by atoms with E-state index in [0.717, 1.165) is 22.9 Å². The zero-order valence-corrected chi connectivity index (χ0v) is 16.2. The number of furan rings is 1. The smallest absolute Gasteiger partial charge is 0.434 e. The zero-order valence-electron chi connectivity index (χ0n) is 16.2. The van der Waals surface area contributed by atoms with Crippen LogP contribution in [0, 0.1) is 23.0 Å². The molecular weight excluding hydrogens is 449 g/mol. The Morgan fingerprint density at radius 1 is 1.15 bits per heavy atom. The quantitative estimate of drug-likeness (QED) is 0.436. The van der Waals surface area contributed by atoms with Gasteiger partial charge in [0, 0.05) is 18.3 Å². The van der Waals surface area contributed by atoms with E-state index in [0.29, 0.717) is 12.3 Å². The maximum absolute atomic E-state index is 14.4. The van der Waals surface area contributed by atoms with Crippen LogP contribution in [-0.4, -0.2) is 20.7 Å². The van der Waals surface area contributed by atoms with E-state index in [1.165, 1.54) is 18.4 Å². The fourth-order valence-electron chi connectivity index (χ4n) is 2.94. The molecule has 0 bridgehead atoms. The van der Waals surface area contributed by atoms with Crippen LogP contribution in [-0.2, 0) is 6.18 Å². The third-order valence-electron chi connectivity index (χ3n) is 4.40. The molecule has 1 N–H and O–H groups in total. The Bertz CT molecular complexity index is 1390. The van der Waals surface area contributed by atoms with Crippen molar-refractivity contribution in [1.82, 2.24) is 14.8 Å². The minimum absolute atomic E-state index is 0.102. The Labute approximate surface area is 181 Å². The van der Waals surface area contributed by atoms with Crippen LogP contribution >= 0.6 is 0 Å². The Morgan fingerprint density at radius 3 is 2.58 bits per heavy atom. The molecule has 4 aromatic rings. The lowest BCUT2D eigenvalue weighted by Crippen LogP contribution is -2.18. The van der Waals surface area contributed by atoms with Crippen molar-refractivity contribution in [1.29, 1.82) is 5.26 Å². The lowest BCUT2D eigenvalue weighted by Gasteiger charge is -2.11. The van der Waals surface area contributed by atoms with Gasteiger partial charge >= 0.3 is 6.18 Å². The molecule has 0 aliphatic heterocycles. The second kappa shape index (κ2) is 8.19. The summed E-state index contributed by atoms with van der Waals surface area (Å²) in [5.74, 6) is -2.59. The van der Waals surface area contributed by atoms with Crippen molar-refractivity contribution in [3.8, 4) is 23.2 Å². The number of nitrogens with one attached hydrogen (secondary N) is 1. The number of hydrogen-bond acceptors (Lipinski definition) is 5. The van der Waals surface area contributed by atoms with E-state index in [-0.39, 0.29) is 28.5 Å². The number of amides is 1. The Balaban J connectivity index is 1.74. The average molecular weight is 459 g/mol. The van der Waals surface area contributed by atoms with Crippen LogP contribution in [0.15, 0.2) is 59.3 Å². The number of rotatable bonds is 4. The summed E-state index contributed by atoms with van der Waals surface area (Å²) in [4.78, 5) is 15.9. The Hall–Kier alpha value is -4.53. The van der Waals surface area contributed by atoms with E-state index in [2.05, 4.69) is 15.4 Å². The summed E-state index contributed by atoms with van der Waals surface area (Å²) in [6.07, 6.45) is -2.86. The van der Waals surface area contributed by atoms with Crippen LogP contribution in [0.1, 0.15) is 21.6 Å². The summed E-state index contributed by atoms with van der Waals surface area (Å²) in [7, 11) is 0. The molecule has 0 saturated carbocycles. The van der Waals surface area contributed by atoms with Gasteiger partial charge in [-0.05, 0) is 30.3 Å². The number of carbonyl (C=O) groups is 1. The van der Waals surface area contributed by atoms with Crippen molar-refractivity contribution < 1.29 is 31.2 Å². The van der Waals surface area contributed by atoms with Gasteiger partial charge < -0.3 is 9.73 Å². The third kappa shape index (κ3) is 4.29. The molecule has 3 aromatic heterocycles. The van der Waals surface area contributed by atoms with Crippen molar-refractivity contribution >= 4 is 11.7 Å². The summed E-state index contributed by atoms with van der Waals surface area (Å²) in [6, 6.07) is 9.23. The average Bonchev–Trinajstić information content (AvgIpc) is 3.43. The Kier molecular flexibility index (Phi) is 5.39. The summed E-state index contributed by atoms with van der Waals surface area (Å²) < 4.78 is 72.8. The number of anilines is 1. The number of halogens is 5. The number of nitrogens with zero attached hydrogens (tertiary/aromatic N) is 4. The highest BCUT2D eigenvalue weighted by Gasteiger charge is 2.36. The monoisotopic (exact) mass is 459 g/mol. The van der Waals surface area contributed by atoms with Gasteiger partial charge in [-0.2, -0.15) is 23.5 Å². The highest BCUT2D eigenvalue weighted by atomic mass is 19.4. The first-order valence-electron chi connectivity index (χ1n) is 9.05. The number of aromatic nitrogens is 3. The van der Waals surface area contributed by atoms with Crippen LogP contribution in [0.2, 0.25) is 0 Å². The lowest BCUT2D eigenvalue weighted by atomic mass is 10.1. The van der Waals surface area contributed by atoms with Gasteiger partial charge in [-0.3, -0.25) is 4.79 Å². The molecule has 33 heavy (non-hydrogen) atoms.